The summed E-state index contributed by atoms with van der Waals surface area (Å²) >= 11 is 0. The van der Waals surface area contributed by atoms with Crippen LogP contribution in [0.2, 0.25) is 0 Å². The molecule has 0 aliphatic carbocycles. The quantitative estimate of drug-likeness (QED) is 0.390. The molecule has 1 aliphatic rings. The molecular weight excluding hydrogens is 426 g/mol. The van der Waals surface area contributed by atoms with E-state index in [1.807, 2.05) is 66.4 Å². The number of aromatic nitrogens is 1. The highest BCUT2D eigenvalue weighted by atomic mass is 16.5. The van der Waals surface area contributed by atoms with Crippen LogP contribution in [0.1, 0.15) is 47.7 Å². The first-order valence-electron chi connectivity index (χ1n) is 12.2. The van der Waals surface area contributed by atoms with Crippen LogP contribution in [-0.4, -0.2) is 49.3 Å². The fraction of sp³-hybridized carbons (Fsp3) is 0.429. The van der Waals surface area contributed by atoms with Crippen molar-refractivity contribution < 1.29 is 14.1 Å². The van der Waals surface area contributed by atoms with E-state index in [9.17, 15) is 4.79 Å². The van der Waals surface area contributed by atoms with Gasteiger partial charge in [-0.15, -0.1) is 0 Å². The Morgan fingerprint density at radius 2 is 1.82 bits per heavy atom. The van der Waals surface area contributed by atoms with Crippen LogP contribution in [0.3, 0.4) is 0 Å². The molecule has 0 N–H and O–H groups in total. The molecule has 0 saturated carbocycles. The lowest BCUT2D eigenvalue weighted by atomic mass is 9.98. The minimum absolute atomic E-state index is 0.00883. The number of nitrogens with zero attached hydrogens (tertiary/aromatic N) is 3. The van der Waals surface area contributed by atoms with E-state index < -0.39 is 0 Å². The maximum atomic E-state index is 13.6. The fourth-order valence-electron chi connectivity index (χ4n) is 4.45. The standard InChI is InChI=1S/C28H35N3O3/c1-21-10-12-24(13-11-21)27(32)31(16-7-19-33-3)20-25-26(23-8-5-4-6-9-23)29-34-28(25)30-17-14-22(2)15-18-30/h4-6,8-13,22H,7,14-20H2,1-3H3. The van der Waals surface area contributed by atoms with Crippen molar-refractivity contribution in [2.75, 3.05) is 38.3 Å². The monoisotopic (exact) mass is 461 g/mol. The van der Waals surface area contributed by atoms with Crippen LogP contribution in [0.25, 0.3) is 11.3 Å². The van der Waals surface area contributed by atoms with Gasteiger partial charge in [-0.05, 0) is 44.2 Å². The van der Waals surface area contributed by atoms with Gasteiger partial charge in [0.2, 0.25) is 5.88 Å². The molecule has 0 bridgehead atoms. The smallest absolute Gasteiger partial charge is 0.254 e. The average Bonchev–Trinajstić information content (AvgIpc) is 3.28. The zero-order chi connectivity index (χ0) is 23.9. The molecule has 6 nitrogen and oxygen atoms in total. The van der Waals surface area contributed by atoms with Gasteiger partial charge in [0, 0.05) is 44.5 Å². The van der Waals surface area contributed by atoms with Crippen LogP contribution in [0.15, 0.2) is 59.1 Å². The van der Waals surface area contributed by atoms with Gasteiger partial charge in [-0.3, -0.25) is 4.79 Å². The third kappa shape index (κ3) is 5.68. The fourth-order valence-corrected chi connectivity index (χ4v) is 4.45. The highest BCUT2D eigenvalue weighted by molar-refractivity contribution is 5.94. The van der Waals surface area contributed by atoms with Gasteiger partial charge in [0.15, 0.2) is 0 Å². The number of methoxy groups -OCH3 is 1. The lowest BCUT2D eigenvalue weighted by Crippen LogP contribution is -2.35. The summed E-state index contributed by atoms with van der Waals surface area (Å²) in [5.41, 5.74) is 4.60. The van der Waals surface area contributed by atoms with Gasteiger partial charge in [-0.2, -0.15) is 0 Å². The molecule has 0 radical (unpaired) electrons. The second kappa shape index (κ2) is 11.3. The molecule has 6 heteroatoms. The Labute approximate surface area is 202 Å². The Hall–Kier alpha value is -3.12. The predicted molar refractivity (Wildman–Crippen MR) is 135 cm³/mol. The second-order valence-corrected chi connectivity index (χ2v) is 9.29. The number of carbonyl (C=O) groups is 1. The number of hydrogen-bond acceptors (Lipinski definition) is 5. The molecular formula is C28H35N3O3. The first kappa shape index (κ1) is 24.0. The van der Waals surface area contributed by atoms with Crippen molar-refractivity contribution in [3.8, 4) is 11.3 Å². The first-order chi connectivity index (χ1) is 16.6. The topological polar surface area (TPSA) is 58.8 Å². The zero-order valence-electron chi connectivity index (χ0n) is 20.5. The minimum Gasteiger partial charge on any atom is -0.385 e. The molecule has 0 unspecified atom stereocenters. The summed E-state index contributed by atoms with van der Waals surface area (Å²) in [5.74, 6) is 1.51. The van der Waals surface area contributed by atoms with Gasteiger partial charge >= 0.3 is 0 Å². The Morgan fingerprint density at radius 1 is 1.12 bits per heavy atom. The van der Waals surface area contributed by atoms with Crippen LogP contribution in [-0.2, 0) is 11.3 Å². The van der Waals surface area contributed by atoms with Gasteiger partial charge in [-0.25, -0.2) is 0 Å². The van der Waals surface area contributed by atoms with E-state index in [1.165, 1.54) is 0 Å². The number of piperidine rings is 1. The molecule has 2 aromatic carbocycles. The van der Waals surface area contributed by atoms with Crippen molar-refractivity contribution in [3.63, 3.8) is 0 Å². The maximum absolute atomic E-state index is 13.6. The van der Waals surface area contributed by atoms with Crippen LogP contribution in [0.5, 0.6) is 0 Å². The maximum Gasteiger partial charge on any atom is 0.254 e. The van der Waals surface area contributed by atoms with Crippen molar-refractivity contribution in [1.82, 2.24) is 10.1 Å². The molecule has 1 amide bonds. The number of benzene rings is 2. The third-order valence-electron chi connectivity index (χ3n) is 6.60. The number of hydrogen-bond donors (Lipinski definition) is 0. The Bertz CT molecular complexity index is 1050. The van der Waals surface area contributed by atoms with E-state index in [-0.39, 0.29) is 5.91 Å². The van der Waals surface area contributed by atoms with Crippen LogP contribution < -0.4 is 4.90 Å². The van der Waals surface area contributed by atoms with Crippen LogP contribution >= 0.6 is 0 Å². The lowest BCUT2D eigenvalue weighted by Gasteiger charge is -2.31. The van der Waals surface area contributed by atoms with Gasteiger partial charge in [0.25, 0.3) is 5.91 Å². The number of amides is 1. The van der Waals surface area contributed by atoms with Crippen LogP contribution in [0.4, 0.5) is 5.88 Å². The summed E-state index contributed by atoms with van der Waals surface area (Å²) in [4.78, 5) is 17.8. The number of anilines is 1. The molecule has 1 aromatic heterocycles. The van der Waals surface area contributed by atoms with E-state index in [1.54, 1.807) is 7.11 Å². The van der Waals surface area contributed by atoms with Gasteiger partial charge in [-0.1, -0.05) is 60.1 Å². The van der Waals surface area contributed by atoms with Crippen molar-refractivity contribution in [3.05, 3.63) is 71.3 Å². The molecule has 180 valence electrons. The number of ether oxygens (including phenoxy) is 1. The molecule has 34 heavy (non-hydrogen) atoms. The molecule has 1 fully saturated rings. The molecule has 0 atom stereocenters. The van der Waals surface area contributed by atoms with Crippen molar-refractivity contribution >= 4 is 11.8 Å². The summed E-state index contributed by atoms with van der Waals surface area (Å²) in [6, 6.07) is 17.9. The van der Waals surface area contributed by atoms with E-state index in [4.69, 9.17) is 9.26 Å². The molecule has 1 saturated heterocycles. The van der Waals surface area contributed by atoms with Crippen molar-refractivity contribution in [2.45, 2.75) is 39.7 Å². The van der Waals surface area contributed by atoms with E-state index in [2.05, 4.69) is 17.0 Å². The average molecular weight is 462 g/mol. The van der Waals surface area contributed by atoms with Gasteiger partial charge in [0.05, 0.1) is 12.1 Å². The number of carbonyl (C=O) groups excluding carboxylic acids is 1. The first-order valence-corrected chi connectivity index (χ1v) is 12.2. The number of aryl methyl sites for hydroxylation is 1. The van der Waals surface area contributed by atoms with Crippen LogP contribution in [0, 0.1) is 12.8 Å². The number of rotatable bonds is 9. The van der Waals surface area contributed by atoms with E-state index >= 15 is 0 Å². The molecule has 1 aliphatic heterocycles. The van der Waals surface area contributed by atoms with E-state index in [0.717, 1.165) is 60.6 Å². The highest BCUT2D eigenvalue weighted by Crippen LogP contribution is 2.34. The molecule has 2 heterocycles. The van der Waals surface area contributed by atoms with Gasteiger partial charge in [0.1, 0.15) is 5.69 Å². The summed E-state index contributed by atoms with van der Waals surface area (Å²) in [5, 5.41) is 4.49. The minimum atomic E-state index is 0.00883. The Kier molecular flexibility index (Phi) is 8.01. The Morgan fingerprint density at radius 3 is 2.50 bits per heavy atom. The normalized spacial score (nSPS) is 14.4. The third-order valence-corrected chi connectivity index (χ3v) is 6.60. The zero-order valence-corrected chi connectivity index (χ0v) is 20.5. The molecule has 0 spiro atoms. The van der Waals surface area contributed by atoms with Gasteiger partial charge < -0.3 is 19.1 Å². The largest absolute Gasteiger partial charge is 0.385 e. The summed E-state index contributed by atoms with van der Waals surface area (Å²) in [6.07, 6.45) is 3.01. The Balaban J connectivity index is 1.68. The summed E-state index contributed by atoms with van der Waals surface area (Å²) < 4.78 is 11.2. The summed E-state index contributed by atoms with van der Waals surface area (Å²) in [7, 11) is 1.69. The lowest BCUT2D eigenvalue weighted by molar-refractivity contribution is 0.0724. The second-order valence-electron chi connectivity index (χ2n) is 9.29. The predicted octanol–water partition coefficient (Wildman–Crippen LogP) is 5.57. The van der Waals surface area contributed by atoms with Crippen molar-refractivity contribution in [2.24, 2.45) is 5.92 Å². The van der Waals surface area contributed by atoms with Crippen molar-refractivity contribution in [1.29, 1.82) is 0 Å². The molecule has 4 rings (SSSR count). The van der Waals surface area contributed by atoms with E-state index in [0.29, 0.717) is 31.2 Å². The summed E-state index contributed by atoms with van der Waals surface area (Å²) in [6.45, 7) is 7.83. The highest BCUT2D eigenvalue weighted by Gasteiger charge is 2.28. The molecule has 3 aromatic rings. The SMILES string of the molecule is COCCCN(Cc1c(-c2ccccc2)noc1N1CCC(C)CC1)C(=O)c1ccc(C)cc1.